The van der Waals surface area contributed by atoms with Gasteiger partial charge >= 0.3 is 18.7 Å². The minimum absolute atomic E-state index is 0.0414. The van der Waals surface area contributed by atoms with Crippen LogP contribution in [0.2, 0.25) is 10.0 Å². The molecule has 282 valence electrons. The van der Waals surface area contributed by atoms with Crippen LogP contribution >= 0.6 is 23.2 Å². The molecule has 1 N–H and O–H groups in total. The van der Waals surface area contributed by atoms with Crippen LogP contribution in [0.4, 0.5) is 19.3 Å². The minimum atomic E-state index is -3.06. The van der Waals surface area contributed by atoms with Crippen molar-refractivity contribution in [2.45, 2.75) is 50.5 Å². The molecule has 10 nitrogen and oxygen atoms in total. The molecule has 4 bridgehead atoms. The number of aromatic hydroxyl groups is 1. The molecule has 2 saturated carbocycles. The van der Waals surface area contributed by atoms with Crippen LogP contribution in [-0.4, -0.2) is 65.5 Å². The predicted octanol–water partition coefficient (Wildman–Crippen LogP) is 8.47. The SMILES string of the molecule is O=C(O[C@@H](Cc1c(Cl)cncc1Cl)c1ccc(OC(F)F)c(OCC2CC2)c1)c1ccc(CN(C(=O)O[C@]23CN4CCC2C3C4)c2ccccc2O)cc1. The number of piperidine rings is 3. The maximum absolute atomic E-state index is 13.8. The van der Waals surface area contributed by atoms with E-state index in [-0.39, 0.29) is 45.8 Å². The molecule has 3 aromatic carbocycles. The van der Waals surface area contributed by atoms with Crippen LogP contribution in [0.15, 0.2) is 79.1 Å². The van der Waals surface area contributed by atoms with E-state index in [0.29, 0.717) is 46.7 Å². The Morgan fingerprint density at radius 2 is 1.74 bits per heavy atom. The highest BCUT2D eigenvalue weighted by atomic mass is 35.5. The van der Waals surface area contributed by atoms with Gasteiger partial charge in [0, 0.05) is 43.7 Å². The van der Waals surface area contributed by atoms with E-state index in [4.69, 9.17) is 42.1 Å². The molecule has 5 aliphatic rings. The Morgan fingerprint density at radius 3 is 2.39 bits per heavy atom. The van der Waals surface area contributed by atoms with Crippen molar-refractivity contribution in [3.05, 3.63) is 111 Å². The lowest BCUT2D eigenvalue weighted by Gasteiger charge is -2.31. The number of carbonyl (C=O) groups is 2. The van der Waals surface area contributed by atoms with Gasteiger partial charge in [0.1, 0.15) is 17.5 Å². The van der Waals surface area contributed by atoms with Gasteiger partial charge in [0.05, 0.1) is 34.4 Å². The zero-order valence-electron chi connectivity index (χ0n) is 29.0. The summed E-state index contributed by atoms with van der Waals surface area (Å²) >= 11 is 12.9. The third kappa shape index (κ3) is 7.51. The average Bonchev–Trinajstić information content (AvgIpc) is 4.07. The Balaban J connectivity index is 1.02. The van der Waals surface area contributed by atoms with Crippen LogP contribution in [0.1, 0.15) is 52.4 Å². The highest BCUT2D eigenvalue weighted by Crippen LogP contribution is 2.63. The van der Waals surface area contributed by atoms with Gasteiger partial charge in [-0.2, -0.15) is 8.78 Å². The summed E-state index contributed by atoms with van der Waals surface area (Å²) in [4.78, 5) is 35.3. The van der Waals surface area contributed by atoms with Crippen molar-refractivity contribution >= 4 is 41.0 Å². The van der Waals surface area contributed by atoms with E-state index in [1.54, 1.807) is 42.5 Å². The number of carbonyl (C=O) groups excluding carboxylic acids is 2. The van der Waals surface area contributed by atoms with E-state index in [1.807, 2.05) is 0 Å². The van der Waals surface area contributed by atoms with Crippen LogP contribution in [0.5, 0.6) is 17.2 Å². The number of rotatable bonds is 14. The van der Waals surface area contributed by atoms with Gasteiger partial charge in [0.2, 0.25) is 0 Å². The first-order chi connectivity index (χ1) is 26.1. The summed E-state index contributed by atoms with van der Waals surface area (Å²) in [5.41, 5.74) is 1.64. The van der Waals surface area contributed by atoms with E-state index in [0.717, 1.165) is 38.9 Å². The standard InChI is InChI=1S/C40H37Cl2F2N3O7/c41-30-17-45-18-31(42)27(30)16-35(26-11-12-34(53-38(43)44)36(15-26)51-21-24-5-6-24)52-37(49)25-9-7-23(8-10-25)19-47(32-3-1-2-4-33(32)48)39(50)54-40-22-46-14-13-28(40)29(40)20-46/h1-4,7-12,15,17-18,24,28-29,35,38,48H,5-6,13-14,16,19-22H2/t28?,29?,35-,40+/m0/s1. The molecule has 3 unspecified atom stereocenters. The van der Waals surface area contributed by atoms with Gasteiger partial charge in [-0.25, -0.2) is 9.59 Å². The third-order valence-electron chi connectivity index (χ3n) is 10.8. The Hall–Kier alpha value is -4.65. The number of para-hydroxylation sites is 2. The van der Waals surface area contributed by atoms with E-state index in [2.05, 4.69) is 9.88 Å². The maximum atomic E-state index is 13.8. The molecule has 54 heavy (non-hydrogen) atoms. The topological polar surface area (TPSA) is 111 Å². The first-order valence-corrected chi connectivity index (χ1v) is 18.6. The molecule has 3 saturated heterocycles. The molecule has 1 amide bonds. The number of alkyl halides is 2. The molecule has 4 heterocycles. The average molecular weight is 781 g/mol. The lowest BCUT2D eigenvalue weighted by Crippen LogP contribution is -2.42. The number of hydrogen-bond acceptors (Lipinski definition) is 9. The van der Waals surface area contributed by atoms with Gasteiger partial charge in [-0.3, -0.25) is 14.8 Å². The largest absolute Gasteiger partial charge is 0.506 e. The first kappa shape index (κ1) is 36.3. The molecule has 14 heteroatoms. The van der Waals surface area contributed by atoms with Gasteiger partial charge < -0.3 is 24.1 Å². The Bertz CT molecular complexity index is 2030. The van der Waals surface area contributed by atoms with Gasteiger partial charge in [-0.1, -0.05) is 53.5 Å². The molecule has 5 fully saturated rings. The number of benzene rings is 3. The molecule has 4 aromatic rings. The smallest absolute Gasteiger partial charge is 0.415 e. The summed E-state index contributed by atoms with van der Waals surface area (Å²) in [6.07, 6.45) is 4.35. The lowest BCUT2D eigenvalue weighted by atomic mass is 10.0. The first-order valence-electron chi connectivity index (χ1n) is 17.9. The van der Waals surface area contributed by atoms with Crippen LogP contribution in [0.3, 0.4) is 0 Å². The number of ether oxygens (including phenoxy) is 4. The third-order valence-corrected chi connectivity index (χ3v) is 11.5. The molecule has 0 spiro atoms. The van der Waals surface area contributed by atoms with Crippen molar-refractivity contribution in [1.82, 2.24) is 9.88 Å². The highest BCUT2D eigenvalue weighted by molar-refractivity contribution is 6.35. The lowest BCUT2D eigenvalue weighted by molar-refractivity contribution is -0.0515. The summed E-state index contributed by atoms with van der Waals surface area (Å²) in [6.45, 7) is 0.0158. The van der Waals surface area contributed by atoms with Gasteiger partial charge in [-0.05, 0) is 84.8 Å². The Kier molecular flexibility index (Phi) is 10.0. The summed E-state index contributed by atoms with van der Waals surface area (Å²) in [5, 5.41) is 11.2. The number of hydrogen-bond donors (Lipinski definition) is 1. The minimum Gasteiger partial charge on any atom is -0.506 e. The Morgan fingerprint density at radius 1 is 0.981 bits per heavy atom. The molecule has 5 atom stereocenters. The van der Waals surface area contributed by atoms with E-state index >= 15 is 0 Å². The molecule has 2 aliphatic carbocycles. The van der Waals surface area contributed by atoms with Crippen molar-refractivity contribution < 1.29 is 42.4 Å². The van der Waals surface area contributed by atoms with Gasteiger partial charge in [0.15, 0.2) is 11.5 Å². The highest BCUT2D eigenvalue weighted by Gasteiger charge is 2.74. The fourth-order valence-corrected chi connectivity index (χ4v) is 8.28. The monoisotopic (exact) mass is 779 g/mol. The number of pyridine rings is 1. The van der Waals surface area contributed by atoms with Gasteiger partial charge in [0.25, 0.3) is 0 Å². The molecular weight excluding hydrogens is 743 g/mol. The number of esters is 1. The van der Waals surface area contributed by atoms with Crippen molar-refractivity contribution in [2.75, 3.05) is 31.1 Å². The molecule has 1 aromatic heterocycles. The molecule has 0 radical (unpaired) electrons. The number of anilines is 1. The van der Waals surface area contributed by atoms with E-state index in [1.165, 1.54) is 41.6 Å². The fraction of sp³-hybridized carbons (Fsp3) is 0.375. The number of aromatic nitrogens is 1. The normalized spacial score (nSPS) is 22.7. The summed E-state index contributed by atoms with van der Waals surface area (Å²) in [5.74, 6) is 0.256. The summed E-state index contributed by atoms with van der Waals surface area (Å²) in [6, 6.07) is 17.5. The van der Waals surface area contributed by atoms with E-state index < -0.39 is 30.4 Å². The molecule has 3 aliphatic heterocycles. The molecular formula is C40H37Cl2F2N3O7. The van der Waals surface area contributed by atoms with Crippen molar-refractivity contribution in [1.29, 1.82) is 0 Å². The van der Waals surface area contributed by atoms with Crippen molar-refractivity contribution in [3.8, 4) is 17.2 Å². The zero-order chi connectivity index (χ0) is 37.6. The van der Waals surface area contributed by atoms with Crippen LogP contribution in [0.25, 0.3) is 0 Å². The number of amides is 1. The maximum Gasteiger partial charge on any atom is 0.415 e. The number of fused-ring (bicyclic) bond motifs is 1. The van der Waals surface area contributed by atoms with Crippen LogP contribution in [0, 0.1) is 17.8 Å². The fourth-order valence-electron chi connectivity index (χ4n) is 7.76. The summed E-state index contributed by atoms with van der Waals surface area (Å²) in [7, 11) is 0. The second-order valence-electron chi connectivity index (χ2n) is 14.4. The van der Waals surface area contributed by atoms with E-state index in [9.17, 15) is 23.5 Å². The zero-order valence-corrected chi connectivity index (χ0v) is 30.5. The second kappa shape index (κ2) is 14.9. The van der Waals surface area contributed by atoms with Gasteiger partial charge in [-0.15, -0.1) is 0 Å². The predicted molar refractivity (Wildman–Crippen MR) is 195 cm³/mol. The van der Waals surface area contributed by atoms with Crippen molar-refractivity contribution in [2.24, 2.45) is 17.8 Å². The number of phenolic OH excluding ortho intramolecular Hbond substituents is 1. The quantitative estimate of drug-likeness (QED) is 0.126. The van der Waals surface area contributed by atoms with Crippen LogP contribution < -0.4 is 14.4 Å². The summed E-state index contributed by atoms with van der Waals surface area (Å²) < 4.78 is 49.4. The van der Waals surface area contributed by atoms with Crippen molar-refractivity contribution in [3.63, 3.8) is 0 Å². The Labute approximate surface area is 320 Å². The number of nitrogens with zero attached hydrogens (tertiary/aromatic N) is 3. The second-order valence-corrected chi connectivity index (χ2v) is 15.2. The number of phenols is 1. The molecule has 9 rings (SSSR count). The van der Waals surface area contributed by atoms with Crippen LogP contribution in [-0.2, 0) is 22.4 Å². The number of halogens is 4.